The zero-order valence-corrected chi connectivity index (χ0v) is 16.2. The summed E-state index contributed by atoms with van der Waals surface area (Å²) in [6, 6.07) is 6.18. The Morgan fingerprint density at radius 1 is 1.04 bits per heavy atom. The summed E-state index contributed by atoms with van der Waals surface area (Å²) in [6.45, 7) is 10.8. The van der Waals surface area contributed by atoms with Gasteiger partial charge in [-0.2, -0.15) is 0 Å². The predicted octanol–water partition coefficient (Wildman–Crippen LogP) is 3.80. The summed E-state index contributed by atoms with van der Waals surface area (Å²) >= 11 is 0. The Balaban J connectivity index is 2.20. The van der Waals surface area contributed by atoms with E-state index >= 15 is 0 Å². The number of hydrogen-bond donors (Lipinski definition) is 1. The first kappa shape index (κ1) is 20.0. The molecular formula is C19H27FN2O4. The fourth-order valence-corrected chi connectivity index (χ4v) is 2.73. The van der Waals surface area contributed by atoms with Gasteiger partial charge in [0.25, 0.3) is 0 Å². The minimum absolute atomic E-state index is 0.0993. The van der Waals surface area contributed by atoms with Crippen molar-refractivity contribution >= 4 is 12.2 Å². The highest BCUT2D eigenvalue weighted by Crippen LogP contribution is 2.35. The lowest BCUT2D eigenvalue weighted by molar-refractivity contribution is -0.0238. The van der Waals surface area contributed by atoms with E-state index in [0.717, 1.165) is 0 Å². The van der Waals surface area contributed by atoms with Gasteiger partial charge < -0.3 is 19.7 Å². The lowest BCUT2D eigenvalue weighted by Gasteiger charge is -2.50. The van der Waals surface area contributed by atoms with Gasteiger partial charge in [0.1, 0.15) is 22.6 Å². The van der Waals surface area contributed by atoms with Crippen molar-refractivity contribution in [1.29, 1.82) is 0 Å². The molecule has 0 saturated carbocycles. The van der Waals surface area contributed by atoms with Crippen LogP contribution in [0.2, 0.25) is 0 Å². The van der Waals surface area contributed by atoms with E-state index in [1.165, 1.54) is 11.0 Å². The van der Waals surface area contributed by atoms with Crippen LogP contribution in [0.1, 0.15) is 47.1 Å². The fraction of sp³-hybridized carbons (Fsp3) is 0.579. The Morgan fingerprint density at radius 3 is 2.08 bits per heavy atom. The number of carbonyl (C=O) groups is 2. The maximum Gasteiger partial charge on any atom is 0.410 e. The molecule has 2 amide bonds. The van der Waals surface area contributed by atoms with Gasteiger partial charge in [0, 0.05) is 5.56 Å². The van der Waals surface area contributed by atoms with Gasteiger partial charge in [0.05, 0.1) is 13.1 Å². The Bertz CT molecular complexity index is 686. The molecule has 1 saturated heterocycles. The summed E-state index contributed by atoms with van der Waals surface area (Å²) in [5, 5.41) is 2.74. The van der Waals surface area contributed by atoms with E-state index in [9.17, 15) is 14.0 Å². The molecule has 1 aromatic rings. The fourth-order valence-electron chi connectivity index (χ4n) is 2.73. The molecule has 2 rings (SSSR count). The summed E-state index contributed by atoms with van der Waals surface area (Å²) in [4.78, 5) is 25.9. The highest BCUT2D eigenvalue weighted by Gasteiger charge is 2.50. The van der Waals surface area contributed by atoms with Crippen molar-refractivity contribution < 1.29 is 23.5 Å². The standard InChI is InChI=1S/C19H27FN2O4/c1-17(2,3)25-15(23)21-19(13-9-7-8-10-14(13)20)11-22(12-19)16(24)26-18(4,5)6/h7-10H,11-12H2,1-6H3,(H,21,23). The normalized spacial score (nSPS) is 16.5. The summed E-state index contributed by atoms with van der Waals surface area (Å²) in [6.07, 6.45) is -1.17. The average Bonchev–Trinajstić information content (AvgIpc) is 2.39. The van der Waals surface area contributed by atoms with Gasteiger partial charge in [-0.3, -0.25) is 0 Å². The SMILES string of the molecule is CC(C)(C)OC(=O)NC1(c2ccccc2F)CN(C(=O)OC(C)(C)C)C1. The Labute approximate surface area is 153 Å². The summed E-state index contributed by atoms with van der Waals surface area (Å²) < 4.78 is 25.0. The number of amides is 2. The van der Waals surface area contributed by atoms with E-state index in [1.54, 1.807) is 59.7 Å². The van der Waals surface area contributed by atoms with Gasteiger partial charge >= 0.3 is 12.2 Å². The third-order valence-electron chi connectivity index (χ3n) is 3.70. The predicted molar refractivity (Wildman–Crippen MR) is 95.3 cm³/mol. The summed E-state index contributed by atoms with van der Waals surface area (Å²) in [5.74, 6) is -0.451. The molecule has 1 heterocycles. The third-order valence-corrected chi connectivity index (χ3v) is 3.70. The van der Waals surface area contributed by atoms with Gasteiger partial charge in [-0.25, -0.2) is 14.0 Å². The third kappa shape index (κ3) is 4.86. The molecule has 0 spiro atoms. The number of hydrogen-bond acceptors (Lipinski definition) is 4. The maximum atomic E-state index is 14.4. The van der Waals surface area contributed by atoms with E-state index in [-0.39, 0.29) is 13.1 Å². The van der Waals surface area contributed by atoms with Crippen molar-refractivity contribution in [3.63, 3.8) is 0 Å². The number of alkyl carbamates (subject to hydrolysis) is 1. The zero-order chi connectivity index (χ0) is 19.8. The van der Waals surface area contributed by atoms with E-state index in [0.29, 0.717) is 5.56 Å². The highest BCUT2D eigenvalue weighted by atomic mass is 19.1. The van der Waals surface area contributed by atoms with Crippen LogP contribution in [0.4, 0.5) is 14.0 Å². The molecule has 26 heavy (non-hydrogen) atoms. The topological polar surface area (TPSA) is 67.9 Å². The van der Waals surface area contributed by atoms with E-state index < -0.39 is 34.7 Å². The molecule has 0 atom stereocenters. The molecule has 6 nitrogen and oxygen atoms in total. The molecule has 1 N–H and O–H groups in total. The monoisotopic (exact) mass is 366 g/mol. The summed E-state index contributed by atoms with van der Waals surface area (Å²) in [7, 11) is 0. The van der Waals surface area contributed by atoms with E-state index in [1.807, 2.05) is 0 Å². The number of rotatable bonds is 2. The van der Waals surface area contributed by atoms with Gasteiger partial charge in [-0.15, -0.1) is 0 Å². The summed E-state index contributed by atoms with van der Waals surface area (Å²) in [5.41, 5.74) is -2.06. The number of nitrogens with one attached hydrogen (secondary N) is 1. The molecule has 144 valence electrons. The van der Waals surface area contributed by atoms with Crippen LogP contribution < -0.4 is 5.32 Å². The van der Waals surface area contributed by atoms with Crippen LogP contribution in [0.15, 0.2) is 24.3 Å². The second-order valence-electron chi connectivity index (χ2n) is 8.53. The molecule has 1 aromatic carbocycles. The van der Waals surface area contributed by atoms with Crippen LogP contribution in [-0.4, -0.2) is 41.4 Å². The van der Waals surface area contributed by atoms with E-state index in [4.69, 9.17) is 9.47 Å². The zero-order valence-electron chi connectivity index (χ0n) is 16.2. The van der Waals surface area contributed by atoms with Crippen LogP contribution in [0.3, 0.4) is 0 Å². The van der Waals surface area contributed by atoms with E-state index in [2.05, 4.69) is 5.32 Å². The number of benzene rings is 1. The number of likely N-dealkylation sites (tertiary alicyclic amines) is 1. The molecule has 0 radical (unpaired) electrons. The first-order valence-corrected chi connectivity index (χ1v) is 8.55. The maximum absolute atomic E-state index is 14.4. The van der Waals surface area contributed by atoms with Gasteiger partial charge in [-0.1, -0.05) is 18.2 Å². The van der Waals surface area contributed by atoms with Crippen molar-refractivity contribution in [2.24, 2.45) is 0 Å². The van der Waals surface area contributed by atoms with Crippen molar-refractivity contribution in [2.75, 3.05) is 13.1 Å². The minimum atomic E-state index is -1.05. The second-order valence-corrected chi connectivity index (χ2v) is 8.53. The van der Waals surface area contributed by atoms with Crippen molar-refractivity contribution in [3.05, 3.63) is 35.6 Å². The Kier molecular flexibility index (Phi) is 5.21. The van der Waals surface area contributed by atoms with Crippen molar-refractivity contribution in [3.8, 4) is 0 Å². The number of nitrogens with zero attached hydrogens (tertiary/aromatic N) is 1. The van der Waals surface area contributed by atoms with Crippen molar-refractivity contribution in [2.45, 2.75) is 58.3 Å². The molecule has 0 bridgehead atoms. The smallest absolute Gasteiger partial charge is 0.410 e. The minimum Gasteiger partial charge on any atom is -0.444 e. The molecule has 0 aliphatic carbocycles. The highest BCUT2D eigenvalue weighted by molar-refractivity contribution is 5.73. The number of ether oxygens (including phenoxy) is 2. The van der Waals surface area contributed by atoms with Crippen molar-refractivity contribution in [1.82, 2.24) is 10.2 Å². The lowest BCUT2D eigenvalue weighted by Crippen LogP contribution is -2.69. The molecule has 0 aromatic heterocycles. The molecule has 1 aliphatic rings. The van der Waals surface area contributed by atoms with Gasteiger partial charge in [0.2, 0.25) is 0 Å². The van der Waals surface area contributed by atoms with Crippen LogP contribution in [0.25, 0.3) is 0 Å². The average molecular weight is 366 g/mol. The molecular weight excluding hydrogens is 339 g/mol. The van der Waals surface area contributed by atoms with Crippen LogP contribution in [0.5, 0.6) is 0 Å². The lowest BCUT2D eigenvalue weighted by atomic mass is 9.82. The Hall–Kier alpha value is -2.31. The first-order chi connectivity index (χ1) is 11.8. The number of carbonyl (C=O) groups excluding carboxylic acids is 2. The molecule has 1 aliphatic heterocycles. The molecule has 7 heteroatoms. The Morgan fingerprint density at radius 2 is 1.58 bits per heavy atom. The second kappa shape index (κ2) is 6.78. The quantitative estimate of drug-likeness (QED) is 0.865. The molecule has 1 fully saturated rings. The first-order valence-electron chi connectivity index (χ1n) is 8.55. The van der Waals surface area contributed by atoms with Gasteiger partial charge in [-0.05, 0) is 47.6 Å². The van der Waals surface area contributed by atoms with Gasteiger partial charge in [0.15, 0.2) is 0 Å². The largest absolute Gasteiger partial charge is 0.444 e. The van der Waals surface area contributed by atoms with Crippen LogP contribution in [-0.2, 0) is 15.0 Å². The number of halogens is 1. The van der Waals surface area contributed by atoms with Crippen LogP contribution in [0, 0.1) is 5.82 Å². The molecule has 0 unspecified atom stereocenters. The van der Waals surface area contributed by atoms with Crippen LogP contribution >= 0.6 is 0 Å².